The fourth-order valence-electron chi connectivity index (χ4n) is 2.57. The fourth-order valence-corrected chi connectivity index (χ4v) is 2.91. The van der Waals surface area contributed by atoms with Crippen molar-refractivity contribution in [2.75, 3.05) is 26.3 Å². The summed E-state index contributed by atoms with van der Waals surface area (Å²) in [7, 11) is 0. The van der Waals surface area contributed by atoms with Gasteiger partial charge in [-0.3, -0.25) is 20.2 Å². The number of amides is 1. The minimum Gasteiger partial charge on any atom is -0.378 e. The first-order chi connectivity index (χ1) is 10.9. The molecule has 0 spiro atoms. The summed E-state index contributed by atoms with van der Waals surface area (Å²) in [5.74, 6) is 0.0122. The zero-order valence-electron chi connectivity index (χ0n) is 13.1. The maximum atomic E-state index is 12.4. The molecule has 1 amide bonds. The highest BCUT2D eigenvalue weighted by Crippen LogP contribution is 2.27. The molecule has 1 heterocycles. The molecule has 0 radical (unpaired) electrons. The van der Waals surface area contributed by atoms with Crippen LogP contribution in [-0.2, 0) is 9.53 Å². The monoisotopic (exact) mass is 341 g/mol. The number of halogens is 1. The van der Waals surface area contributed by atoms with Crippen molar-refractivity contribution in [2.45, 2.75) is 25.9 Å². The molecule has 23 heavy (non-hydrogen) atoms. The minimum atomic E-state index is -0.488. The van der Waals surface area contributed by atoms with Crippen LogP contribution in [0.5, 0.6) is 0 Å². The number of carbonyl (C=O) groups excluding carboxylic acids is 1. The van der Waals surface area contributed by atoms with Crippen molar-refractivity contribution in [3.63, 3.8) is 0 Å². The Balaban J connectivity index is 2.01. The van der Waals surface area contributed by atoms with E-state index in [2.05, 4.69) is 5.32 Å². The number of hydrogen-bond donors (Lipinski definition) is 1. The molecule has 126 valence electrons. The van der Waals surface area contributed by atoms with Crippen molar-refractivity contribution in [1.29, 1.82) is 0 Å². The summed E-state index contributed by atoms with van der Waals surface area (Å²) in [6.45, 7) is 5.98. The Hall–Kier alpha value is -1.70. The number of non-ortho nitro benzene ring substituents is 1. The lowest BCUT2D eigenvalue weighted by molar-refractivity contribution is -0.384. The molecule has 2 unspecified atom stereocenters. The van der Waals surface area contributed by atoms with Crippen LogP contribution in [0, 0.1) is 10.1 Å². The van der Waals surface area contributed by atoms with Crippen LogP contribution in [0.1, 0.15) is 25.5 Å². The Morgan fingerprint density at radius 2 is 2.04 bits per heavy atom. The fraction of sp³-hybridized carbons (Fsp3) is 0.533. The summed E-state index contributed by atoms with van der Waals surface area (Å²) in [6, 6.07) is 3.76. The Labute approximate surface area is 139 Å². The Kier molecular flexibility index (Phi) is 5.92. The van der Waals surface area contributed by atoms with Gasteiger partial charge < -0.3 is 9.64 Å². The minimum absolute atomic E-state index is 0.0122. The van der Waals surface area contributed by atoms with Crippen molar-refractivity contribution in [1.82, 2.24) is 10.2 Å². The summed E-state index contributed by atoms with van der Waals surface area (Å²) in [5.41, 5.74) is 0.669. The van der Waals surface area contributed by atoms with Crippen LogP contribution in [0.25, 0.3) is 0 Å². The first kappa shape index (κ1) is 17.7. The molecule has 1 N–H and O–H groups in total. The molecule has 8 heteroatoms. The Bertz CT molecular complexity index is 590. The number of nitrogens with one attached hydrogen (secondary N) is 1. The summed E-state index contributed by atoms with van der Waals surface area (Å²) < 4.78 is 5.24. The molecule has 1 aliphatic heterocycles. The smallest absolute Gasteiger partial charge is 0.270 e. The quantitative estimate of drug-likeness (QED) is 0.655. The van der Waals surface area contributed by atoms with E-state index in [1.165, 1.54) is 12.1 Å². The van der Waals surface area contributed by atoms with Gasteiger partial charge in [-0.2, -0.15) is 0 Å². The van der Waals surface area contributed by atoms with Crippen LogP contribution < -0.4 is 5.32 Å². The van der Waals surface area contributed by atoms with Crippen LogP contribution >= 0.6 is 11.6 Å². The lowest BCUT2D eigenvalue weighted by Gasteiger charge is -2.30. The highest BCUT2D eigenvalue weighted by Gasteiger charge is 2.24. The number of hydrogen-bond acceptors (Lipinski definition) is 5. The normalized spacial score (nSPS) is 17.6. The van der Waals surface area contributed by atoms with Gasteiger partial charge in [-0.25, -0.2) is 0 Å². The largest absolute Gasteiger partial charge is 0.378 e. The van der Waals surface area contributed by atoms with Crippen molar-refractivity contribution in [3.8, 4) is 0 Å². The summed E-state index contributed by atoms with van der Waals surface area (Å²) in [5, 5.41) is 14.3. The van der Waals surface area contributed by atoms with Crippen molar-refractivity contribution in [3.05, 3.63) is 38.9 Å². The van der Waals surface area contributed by atoms with E-state index in [4.69, 9.17) is 16.3 Å². The van der Waals surface area contributed by atoms with Gasteiger partial charge in [-0.15, -0.1) is 0 Å². The predicted molar refractivity (Wildman–Crippen MR) is 86.5 cm³/mol. The van der Waals surface area contributed by atoms with Gasteiger partial charge in [0.05, 0.1) is 29.2 Å². The Morgan fingerprint density at radius 3 is 2.61 bits per heavy atom. The van der Waals surface area contributed by atoms with Gasteiger partial charge >= 0.3 is 0 Å². The van der Waals surface area contributed by atoms with Crippen LogP contribution in [0.2, 0.25) is 5.02 Å². The zero-order chi connectivity index (χ0) is 17.0. The van der Waals surface area contributed by atoms with Gasteiger partial charge in [0, 0.05) is 31.3 Å². The summed E-state index contributed by atoms with van der Waals surface area (Å²) >= 11 is 6.12. The van der Waals surface area contributed by atoms with Crippen LogP contribution in [0.4, 0.5) is 5.69 Å². The van der Waals surface area contributed by atoms with E-state index in [0.717, 1.165) is 5.56 Å². The number of nitro benzene ring substituents is 1. The molecule has 1 aromatic rings. The average Bonchev–Trinajstić information content (AvgIpc) is 2.54. The van der Waals surface area contributed by atoms with Crippen LogP contribution in [0.15, 0.2) is 18.2 Å². The maximum Gasteiger partial charge on any atom is 0.270 e. The number of nitrogens with zero attached hydrogens (tertiary/aromatic N) is 2. The Morgan fingerprint density at radius 1 is 1.39 bits per heavy atom. The number of benzene rings is 1. The number of ether oxygens (including phenoxy) is 1. The maximum absolute atomic E-state index is 12.4. The van der Waals surface area contributed by atoms with E-state index in [1.54, 1.807) is 17.9 Å². The molecule has 7 nitrogen and oxygen atoms in total. The summed E-state index contributed by atoms with van der Waals surface area (Å²) in [6.07, 6.45) is 0. The molecule has 0 aliphatic carbocycles. The standard InChI is InChI=1S/C15H20ClN3O4/c1-10(13-4-3-12(19(21)22)9-14(13)16)17-11(2)15(20)18-5-7-23-8-6-18/h3-4,9-11,17H,5-8H2,1-2H3. The topological polar surface area (TPSA) is 84.7 Å². The molecule has 1 saturated heterocycles. The van der Waals surface area contributed by atoms with E-state index in [-0.39, 0.29) is 23.7 Å². The third kappa shape index (κ3) is 4.40. The molecule has 1 fully saturated rings. The SMILES string of the molecule is CC(NC(C)c1ccc([N+](=O)[O-])cc1Cl)C(=O)N1CCOCC1. The average molecular weight is 342 g/mol. The molecule has 2 atom stereocenters. The van der Waals surface area contributed by atoms with Gasteiger partial charge in [-0.1, -0.05) is 11.6 Å². The second-order valence-electron chi connectivity index (χ2n) is 5.51. The molecule has 1 aliphatic rings. The van der Waals surface area contributed by atoms with Gasteiger partial charge in [-0.05, 0) is 25.5 Å². The van der Waals surface area contributed by atoms with E-state index in [1.807, 2.05) is 6.92 Å². The van der Waals surface area contributed by atoms with Gasteiger partial charge in [0.1, 0.15) is 0 Å². The zero-order valence-corrected chi connectivity index (χ0v) is 13.9. The second-order valence-corrected chi connectivity index (χ2v) is 5.92. The highest BCUT2D eigenvalue weighted by molar-refractivity contribution is 6.31. The molecular weight excluding hydrogens is 322 g/mol. The van der Waals surface area contributed by atoms with Crippen molar-refractivity contribution < 1.29 is 14.5 Å². The first-order valence-electron chi connectivity index (χ1n) is 7.46. The molecular formula is C15H20ClN3O4. The van der Waals surface area contributed by atoms with Gasteiger partial charge in [0.2, 0.25) is 5.91 Å². The molecule has 0 bridgehead atoms. The predicted octanol–water partition coefficient (Wildman–Crippen LogP) is 2.15. The molecule has 2 rings (SSSR count). The molecule has 0 saturated carbocycles. The van der Waals surface area contributed by atoms with E-state index in [9.17, 15) is 14.9 Å². The van der Waals surface area contributed by atoms with Crippen LogP contribution in [0.3, 0.4) is 0 Å². The lowest BCUT2D eigenvalue weighted by atomic mass is 10.1. The number of nitro groups is 1. The van der Waals surface area contributed by atoms with Crippen LogP contribution in [-0.4, -0.2) is 48.1 Å². The van der Waals surface area contributed by atoms with Crippen molar-refractivity contribution >= 4 is 23.2 Å². The first-order valence-corrected chi connectivity index (χ1v) is 7.84. The van der Waals surface area contributed by atoms with E-state index < -0.39 is 4.92 Å². The van der Waals surface area contributed by atoms with Gasteiger partial charge in [0.15, 0.2) is 0 Å². The lowest BCUT2D eigenvalue weighted by Crippen LogP contribution is -2.49. The third-order valence-electron chi connectivity index (χ3n) is 3.85. The number of morpholine rings is 1. The van der Waals surface area contributed by atoms with E-state index in [0.29, 0.717) is 31.3 Å². The van der Waals surface area contributed by atoms with Gasteiger partial charge in [0.25, 0.3) is 5.69 Å². The number of carbonyl (C=O) groups is 1. The molecule has 0 aromatic heterocycles. The second kappa shape index (κ2) is 7.72. The number of rotatable bonds is 5. The summed E-state index contributed by atoms with van der Waals surface area (Å²) in [4.78, 5) is 24.4. The highest BCUT2D eigenvalue weighted by atomic mass is 35.5. The van der Waals surface area contributed by atoms with Crippen molar-refractivity contribution in [2.24, 2.45) is 0 Å². The molecule has 1 aromatic carbocycles. The third-order valence-corrected chi connectivity index (χ3v) is 4.18. The van der Waals surface area contributed by atoms with E-state index >= 15 is 0 Å².